The minimum Gasteiger partial charge on any atom is -0.384 e. The summed E-state index contributed by atoms with van der Waals surface area (Å²) in [4.78, 5) is 0. The third-order valence-corrected chi connectivity index (χ3v) is 4.76. The van der Waals surface area contributed by atoms with Crippen LogP contribution < -0.4 is 0 Å². The fraction of sp³-hybridized carbons (Fsp3) is 0.294. The zero-order chi connectivity index (χ0) is 14.7. The smallest absolute Gasteiger partial charge is 0.105 e. The van der Waals surface area contributed by atoms with Gasteiger partial charge < -0.3 is 5.11 Å². The normalized spacial score (nSPS) is 12.4. The zero-order valence-corrected chi connectivity index (χ0v) is 14.6. The summed E-state index contributed by atoms with van der Waals surface area (Å²) in [5, 5.41) is 11.4. The van der Waals surface area contributed by atoms with Crippen molar-refractivity contribution in [1.29, 1.82) is 0 Å². The number of aliphatic hydroxyl groups is 1. The molecule has 2 aromatic rings. The molecule has 0 aliphatic heterocycles. The van der Waals surface area contributed by atoms with E-state index < -0.39 is 6.10 Å². The van der Waals surface area contributed by atoms with Crippen LogP contribution in [0.3, 0.4) is 0 Å². The molecule has 0 radical (unpaired) electrons. The van der Waals surface area contributed by atoms with E-state index in [1.54, 1.807) is 0 Å². The van der Waals surface area contributed by atoms with Crippen LogP contribution in [-0.4, -0.2) is 5.11 Å². The van der Waals surface area contributed by atoms with Gasteiger partial charge in [-0.25, -0.2) is 0 Å². The second kappa shape index (κ2) is 6.92. The summed E-state index contributed by atoms with van der Waals surface area (Å²) >= 11 is 8.31. The van der Waals surface area contributed by atoms with E-state index in [-0.39, 0.29) is 0 Å². The Morgan fingerprint density at radius 3 is 2.45 bits per heavy atom. The van der Waals surface area contributed by atoms with E-state index in [2.05, 4.69) is 54.6 Å². The predicted molar refractivity (Wildman–Crippen MR) is 93.4 cm³/mol. The molecule has 20 heavy (non-hydrogen) atoms. The van der Waals surface area contributed by atoms with Gasteiger partial charge in [-0.15, -0.1) is 0 Å². The average molecular weight is 401 g/mol. The monoisotopic (exact) mass is 400 g/mol. The maximum Gasteiger partial charge on any atom is 0.105 e. The van der Waals surface area contributed by atoms with Gasteiger partial charge in [0, 0.05) is 8.59 Å². The lowest BCUT2D eigenvalue weighted by Crippen LogP contribution is -2.06. The van der Waals surface area contributed by atoms with Crippen molar-refractivity contribution in [2.75, 3.05) is 0 Å². The first-order chi connectivity index (χ1) is 9.56. The number of halogens is 2. The van der Waals surface area contributed by atoms with Crippen LogP contribution >= 0.6 is 34.2 Å². The molecular weight excluding hydrogens is 383 g/mol. The molecule has 1 nitrogen and oxygen atoms in total. The third kappa shape index (κ3) is 3.35. The Labute approximate surface area is 139 Å². The van der Waals surface area contributed by atoms with Gasteiger partial charge >= 0.3 is 0 Å². The van der Waals surface area contributed by atoms with Gasteiger partial charge in [-0.1, -0.05) is 43.6 Å². The van der Waals surface area contributed by atoms with E-state index in [0.717, 1.165) is 27.5 Å². The van der Waals surface area contributed by atoms with Crippen LogP contribution in [0.5, 0.6) is 0 Å². The molecule has 3 heteroatoms. The van der Waals surface area contributed by atoms with E-state index >= 15 is 0 Å². The molecule has 0 spiro atoms. The van der Waals surface area contributed by atoms with Gasteiger partial charge in [0.1, 0.15) is 6.10 Å². The Bertz CT molecular complexity index is 610. The van der Waals surface area contributed by atoms with Crippen LogP contribution in [-0.2, 0) is 12.8 Å². The summed E-state index contributed by atoms with van der Waals surface area (Å²) in [5.41, 5.74) is 4.30. The highest BCUT2D eigenvalue weighted by atomic mass is 127. The summed E-state index contributed by atoms with van der Waals surface area (Å²) in [6.45, 7) is 4.24. The van der Waals surface area contributed by atoms with Gasteiger partial charge in [0.05, 0.1) is 0 Å². The Hall–Kier alpha value is -0.580. The molecule has 0 aliphatic rings. The molecule has 0 bridgehead atoms. The first-order valence-electron chi connectivity index (χ1n) is 6.81. The molecular formula is C17H18ClIO. The summed E-state index contributed by atoms with van der Waals surface area (Å²) in [5.74, 6) is 0. The van der Waals surface area contributed by atoms with Crippen LogP contribution in [0.4, 0.5) is 0 Å². The number of aliphatic hydroxyl groups excluding tert-OH is 1. The molecule has 106 valence electrons. The Balaban J connectivity index is 2.51. The molecule has 1 atom stereocenters. The van der Waals surface area contributed by atoms with Gasteiger partial charge in [-0.3, -0.25) is 0 Å². The second-order valence-corrected chi connectivity index (χ2v) is 6.41. The van der Waals surface area contributed by atoms with Crippen molar-refractivity contribution >= 4 is 34.2 Å². The maximum absolute atomic E-state index is 10.8. The average Bonchev–Trinajstić information content (AvgIpc) is 2.48. The number of hydrogen-bond acceptors (Lipinski definition) is 1. The molecule has 0 fully saturated rings. The lowest BCUT2D eigenvalue weighted by Gasteiger charge is -2.18. The minimum atomic E-state index is -0.623. The highest BCUT2D eigenvalue weighted by Gasteiger charge is 2.17. The quantitative estimate of drug-likeness (QED) is 0.704. The van der Waals surface area contributed by atoms with Crippen molar-refractivity contribution in [3.8, 4) is 0 Å². The Kier molecular flexibility index (Phi) is 5.47. The van der Waals surface area contributed by atoms with Crippen LogP contribution in [0.15, 0.2) is 36.4 Å². The third-order valence-electron chi connectivity index (χ3n) is 3.55. The molecule has 0 amide bonds. The van der Waals surface area contributed by atoms with Crippen LogP contribution in [0.1, 0.15) is 42.2 Å². The fourth-order valence-corrected chi connectivity index (χ4v) is 3.14. The van der Waals surface area contributed by atoms with Crippen molar-refractivity contribution in [3.05, 3.63) is 67.2 Å². The van der Waals surface area contributed by atoms with Crippen LogP contribution in [0, 0.1) is 3.57 Å². The lowest BCUT2D eigenvalue weighted by atomic mass is 9.93. The van der Waals surface area contributed by atoms with Gasteiger partial charge in [0.15, 0.2) is 0 Å². The fourth-order valence-electron chi connectivity index (χ4n) is 2.33. The van der Waals surface area contributed by atoms with Gasteiger partial charge in [0.2, 0.25) is 0 Å². The largest absolute Gasteiger partial charge is 0.384 e. The molecule has 0 aromatic heterocycles. The molecule has 1 N–H and O–H groups in total. The molecule has 0 saturated carbocycles. The van der Waals surface area contributed by atoms with E-state index in [1.165, 1.54) is 11.1 Å². The van der Waals surface area contributed by atoms with Crippen LogP contribution in [0.2, 0.25) is 5.02 Å². The molecule has 1 unspecified atom stereocenters. The SMILES string of the molecule is CCc1ccc(CC)c(C(O)c2cc(Cl)ccc2I)c1. The Morgan fingerprint density at radius 1 is 1.05 bits per heavy atom. The molecule has 0 saturated heterocycles. The van der Waals surface area contributed by atoms with E-state index in [9.17, 15) is 5.11 Å². The molecule has 2 rings (SSSR count). The van der Waals surface area contributed by atoms with Crippen molar-refractivity contribution < 1.29 is 5.11 Å². The molecule has 0 aliphatic carbocycles. The van der Waals surface area contributed by atoms with Crippen molar-refractivity contribution in [2.45, 2.75) is 32.8 Å². The molecule has 0 heterocycles. The van der Waals surface area contributed by atoms with Crippen LogP contribution in [0.25, 0.3) is 0 Å². The molecule has 2 aromatic carbocycles. The predicted octanol–water partition coefficient (Wildman–Crippen LogP) is 5.15. The van der Waals surface area contributed by atoms with E-state index in [1.807, 2.05) is 18.2 Å². The maximum atomic E-state index is 10.8. The standard InChI is InChI=1S/C17H18ClIO/c1-3-11-5-6-12(4-2)14(9-11)17(20)15-10-13(18)7-8-16(15)19/h5-10,17,20H,3-4H2,1-2H3. The van der Waals surface area contributed by atoms with E-state index in [4.69, 9.17) is 11.6 Å². The summed E-state index contributed by atoms with van der Waals surface area (Å²) in [7, 11) is 0. The van der Waals surface area contributed by atoms with E-state index in [0.29, 0.717) is 5.02 Å². The lowest BCUT2D eigenvalue weighted by molar-refractivity contribution is 0.218. The van der Waals surface area contributed by atoms with Gasteiger partial charge in [0.25, 0.3) is 0 Å². The topological polar surface area (TPSA) is 20.2 Å². The highest BCUT2D eigenvalue weighted by molar-refractivity contribution is 14.1. The van der Waals surface area contributed by atoms with Crippen molar-refractivity contribution in [3.63, 3.8) is 0 Å². The van der Waals surface area contributed by atoms with Crippen molar-refractivity contribution in [2.24, 2.45) is 0 Å². The first kappa shape index (κ1) is 15.8. The first-order valence-corrected chi connectivity index (χ1v) is 8.27. The number of benzene rings is 2. The van der Waals surface area contributed by atoms with Gasteiger partial charge in [-0.05, 0) is 75.9 Å². The van der Waals surface area contributed by atoms with Gasteiger partial charge in [-0.2, -0.15) is 0 Å². The zero-order valence-electron chi connectivity index (χ0n) is 11.7. The summed E-state index contributed by atoms with van der Waals surface area (Å²) in [6, 6.07) is 12.0. The highest BCUT2D eigenvalue weighted by Crippen LogP contribution is 2.31. The van der Waals surface area contributed by atoms with Crippen molar-refractivity contribution in [1.82, 2.24) is 0 Å². The number of hydrogen-bond donors (Lipinski definition) is 1. The minimum absolute atomic E-state index is 0.623. The summed E-state index contributed by atoms with van der Waals surface area (Å²) in [6.07, 6.45) is 1.26. The number of aryl methyl sites for hydroxylation is 2. The second-order valence-electron chi connectivity index (χ2n) is 4.81. The Morgan fingerprint density at radius 2 is 1.80 bits per heavy atom. The number of rotatable bonds is 4. The summed E-state index contributed by atoms with van der Waals surface area (Å²) < 4.78 is 1.03.